The lowest BCUT2D eigenvalue weighted by Crippen LogP contribution is -2.44. The first-order valence-electron chi connectivity index (χ1n) is 9.90. The summed E-state index contributed by atoms with van der Waals surface area (Å²) in [6.07, 6.45) is -0.484. The summed E-state index contributed by atoms with van der Waals surface area (Å²) in [5, 5.41) is 13.2. The highest BCUT2D eigenvalue weighted by Gasteiger charge is 2.25. The Labute approximate surface area is 178 Å². The van der Waals surface area contributed by atoms with Crippen molar-refractivity contribution in [1.82, 2.24) is 5.32 Å². The Morgan fingerprint density at radius 1 is 1.23 bits per heavy atom. The van der Waals surface area contributed by atoms with Gasteiger partial charge in [0.25, 0.3) is 0 Å². The van der Waals surface area contributed by atoms with Gasteiger partial charge < -0.3 is 24.3 Å². The second kappa shape index (κ2) is 8.29. The van der Waals surface area contributed by atoms with E-state index in [0.717, 1.165) is 5.56 Å². The lowest BCUT2D eigenvalue weighted by Gasteiger charge is -2.22. The van der Waals surface area contributed by atoms with Gasteiger partial charge in [-0.2, -0.15) is 0 Å². The quantitative estimate of drug-likeness (QED) is 0.365. The number of rotatable bonds is 4. The van der Waals surface area contributed by atoms with Crippen LogP contribution in [0.5, 0.6) is 11.5 Å². The highest BCUT2D eigenvalue weighted by Crippen LogP contribution is 2.31. The normalized spacial score (nSPS) is 12.5. The van der Waals surface area contributed by atoms with E-state index >= 15 is 0 Å². The van der Waals surface area contributed by atoms with Gasteiger partial charge in [-0.25, -0.2) is 9.59 Å². The van der Waals surface area contributed by atoms with Crippen molar-refractivity contribution in [2.45, 2.75) is 52.7 Å². The zero-order valence-electron chi connectivity index (χ0n) is 18.1. The molecule has 0 unspecified atom stereocenters. The Kier molecular flexibility index (Phi) is 5.92. The van der Waals surface area contributed by atoms with Crippen molar-refractivity contribution >= 4 is 34.0 Å². The molecule has 31 heavy (non-hydrogen) atoms. The number of alkyl carbamates (subject to hydrolysis) is 1. The van der Waals surface area contributed by atoms with E-state index in [1.54, 1.807) is 52.8 Å². The standard InChI is InChI=1S/C23H25NO7/c1-6-15(24-22(28)31-23(3,4)5)21(27)29-13-10-16(25)18-17(11-13)30-20-12(2)8-7-9-14(20)19(18)26/h7-11,15,25H,6H2,1-5H3,(H,24,28)/t15-/m1/s1. The SMILES string of the molecule is CC[C@@H](NC(=O)OC(C)(C)C)C(=O)Oc1cc(O)c2c(=O)c3cccc(C)c3oc2c1. The molecule has 1 aromatic heterocycles. The number of hydrogen-bond donors (Lipinski definition) is 2. The number of ether oxygens (including phenoxy) is 2. The summed E-state index contributed by atoms with van der Waals surface area (Å²) in [6.45, 7) is 8.64. The molecular formula is C23H25NO7. The van der Waals surface area contributed by atoms with Crippen molar-refractivity contribution in [2.75, 3.05) is 0 Å². The average molecular weight is 427 g/mol. The van der Waals surface area contributed by atoms with Crippen LogP contribution in [0.3, 0.4) is 0 Å². The fraction of sp³-hybridized carbons (Fsp3) is 0.348. The van der Waals surface area contributed by atoms with Crippen LogP contribution in [0.2, 0.25) is 0 Å². The summed E-state index contributed by atoms with van der Waals surface area (Å²) in [4.78, 5) is 37.3. The van der Waals surface area contributed by atoms with E-state index in [-0.39, 0.29) is 34.3 Å². The van der Waals surface area contributed by atoms with Crippen LogP contribution in [-0.4, -0.2) is 28.8 Å². The summed E-state index contributed by atoms with van der Waals surface area (Å²) >= 11 is 0. The van der Waals surface area contributed by atoms with Gasteiger partial charge in [0.05, 0.1) is 5.39 Å². The lowest BCUT2D eigenvalue weighted by molar-refractivity contribution is -0.136. The fourth-order valence-electron chi connectivity index (χ4n) is 3.12. The minimum atomic E-state index is -0.960. The molecule has 0 aliphatic rings. The molecule has 0 saturated heterocycles. The monoisotopic (exact) mass is 427 g/mol. The van der Waals surface area contributed by atoms with Crippen molar-refractivity contribution in [3.8, 4) is 11.5 Å². The molecule has 1 heterocycles. The van der Waals surface area contributed by atoms with Crippen LogP contribution in [-0.2, 0) is 9.53 Å². The molecule has 0 bridgehead atoms. The maximum atomic E-state index is 12.8. The summed E-state index contributed by atoms with van der Waals surface area (Å²) in [5.41, 5.74) is 0.137. The predicted octanol–water partition coefficient (Wildman–Crippen LogP) is 4.17. The number of hydrogen-bond acceptors (Lipinski definition) is 7. The summed E-state index contributed by atoms with van der Waals surface area (Å²) < 4.78 is 16.3. The Hall–Kier alpha value is -3.55. The molecule has 0 aliphatic carbocycles. The summed E-state index contributed by atoms with van der Waals surface area (Å²) in [5.74, 6) is -1.13. The fourth-order valence-corrected chi connectivity index (χ4v) is 3.12. The van der Waals surface area contributed by atoms with E-state index in [1.807, 2.05) is 0 Å². The van der Waals surface area contributed by atoms with Crippen LogP contribution < -0.4 is 15.5 Å². The Bertz CT molecular complexity index is 1220. The molecule has 8 heteroatoms. The number of nitrogens with one attached hydrogen (secondary N) is 1. The number of phenolic OH excluding ortho intramolecular Hbond substituents is 1. The number of aromatic hydroxyl groups is 1. The van der Waals surface area contributed by atoms with Crippen molar-refractivity contribution < 1.29 is 28.6 Å². The number of aryl methyl sites for hydroxylation is 1. The van der Waals surface area contributed by atoms with Crippen LogP contribution >= 0.6 is 0 Å². The molecule has 3 rings (SSSR count). The van der Waals surface area contributed by atoms with Crippen molar-refractivity contribution in [2.24, 2.45) is 0 Å². The van der Waals surface area contributed by atoms with Gasteiger partial charge in [-0.05, 0) is 45.7 Å². The Balaban J connectivity index is 1.91. The second-order valence-electron chi connectivity index (χ2n) is 8.23. The topological polar surface area (TPSA) is 115 Å². The Morgan fingerprint density at radius 3 is 2.58 bits per heavy atom. The van der Waals surface area contributed by atoms with Crippen LogP contribution in [0.25, 0.3) is 21.9 Å². The smallest absolute Gasteiger partial charge is 0.408 e. The van der Waals surface area contributed by atoms with Crippen LogP contribution in [0.4, 0.5) is 4.79 Å². The molecule has 0 saturated carbocycles. The average Bonchev–Trinajstić information content (AvgIpc) is 2.65. The van der Waals surface area contributed by atoms with E-state index in [1.165, 1.54) is 12.1 Å². The largest absolute Gasteiger partial charge is 0.507 e. The van der Waals surface area contributed by atoms with E-state index in [0.29, 0.717) is 11.0 Å². The summed E-state index contributed by atoms with van der Waals surface area (Å²) in [7, 11) is 0. The van der Waals surface area contributed by atoms with Crippen LogP contribution in [0, 0.1) is 6.92 Å². The van der Waals surface area contributed by atoms with Crippen molar-refractivity contribution in [1.29, 1.82) is 0 Å². The number of carbonyl (C=O) groups excluding carboxylic acids is 2. The van der Waals surface area contributed by atoms with Gasteiger partial charge in [-0.3, -0.25) is 4.79 Å². The molecule has 164 valence electrons. The van der Waals surface area contributed by atoms with Gasteiger partial charge in [0, 0.05) is 12.1 Å². The minimum Gasteiger partial charge on any atom is -0.507 e. The number of para-hydroxylation sites is 1. The highest BCUT2D eigenvalue weighted by molar-refractivity contribution is 5.95. The molecule has 0 aliphatic heterocycles. The van der Waals surface area contributed by atoms with E-state index in [9.17, 15) is 19.5 Å². The first-order chi connectivity index (χ1) is 14.5. The van der Waals surface area contributed by atoms with E-state index < -0.39 is 23.7 Å². The van der Waals surface area contributed by atoms with Crippen molar-refractivity contribution in [3.63, 3.8) is 0 Å². The van der Waals surface area contributed by atoms with Gasteiger partial charge in [0.2, 0.25) is 5.43 Å². The van der Waals surface area contributed by atoms with Gasteiger partial charge >= 0.3 is 12.1 Å². The molecule has 0 fully saturated rings. The molecular weight excluding hydrogens is 402 g/mol. The van der Waals surface area contributed by atoms with E-state index in [2.05, 4.69) is 5.32 Å². The molecule has 0 spiro atoms. The number of carbonyl (C=O) groups is 2. The summed E-state index contributed by atoms with van der Waals surface area (Å²) in [6, 6.07) is 6.72. The molecule has 1 atom stereocenters. The molecule has 8 nitrogen and oxygen atoms in total. The molecule has 0 radical (unpaired) electrons. The van der Waals surface area contributed by atoms with E-state index in [4.69, 9.17) is 13.9 Å². The van der Waals surface area contributed by atoms with Crippen LogP contribution in [0.1, 0.15) is 39.7 Å². The number of esters is 1. The van der Waals surface area contributed by atoms with Crippen molar-refractivity contribution in [3.05, 3.63) is 46.1 Å². The lowest BCUT2D eigenvalue weighted by atomic mass is 10.1. The number of phenols is 1. The number of amides is 1. The highest BCUT2D eigenvalue weighted by atomic mass is 16.6. The predicted molar refractivity (Wildman–Crippen MR) is 115 cm³/mol. The molecule has 3 aromatic rings. The van der Waals surface area contributed by atoms with Gasteiger partial charge in [0.15, 0.2) is 0 Å². The zero-order valence-corrected chi connectivity index (χ0v) is 18.1. The first kappa shape index (κ1) is 22.1. The third-order valence-electron chi connectivity index (χ3n) is 4.55. The number of fused-ring (bicyclic) bond motifs is 2. The van der Waals surface area contributed by atoms with Gasteiger partial charge in [-0.15, -0.1) is 0 Å². The number of benzene rings is 2. The third kappa shape index (κ3) is 4.79. The van der Waals surface area contributed by atoms with Gasteiger partial charge in [-0.1, -0.05) is 19.1 Å². The van der Waals surface area contributed by atoms with Crippen LogP contribution in [0.15, 0.2) is 39.5 Å². The first-order valence-corrected chi connectivity index (χ1v) is 9.90. The minimum absolute atomic E-state index is 0.00294. The maximum Gasteiger partial charge on any atom is 0.408 e. The Morgan fingerprint density at radius 2 is 1.94 bits per heavy atom. The zero-order chi connectivity index (χ0) is 22.9. The molecule has 2 N–H and O–H groups in total. The van der Waals surface area contributed by atoms with Gasteiger partial charge in [0.1, 0.15) is 39.7 Å². The third-order valence-corrected chi connectivity index (χ3v) is 4.55. The maximum absolute atomic E-state index is 12.8. The molecule has 1 amide bonds. The second-order valence-corrected chi connectivity index (χ2v) is 8.23. The molecule has 2 aromatic carbocycles.